The van der Waals surface area contributed by atoms with Crippen molar-refractivity contribution in [3.63, 3.8) is 0 Å². The highest BCUT2D eigenvalue weighted by Crippen LogP contribution is 2.28. The first-order valence-electron chi connectivity index (χ1n) is 2.66. The molecule has 0 saturated carbocycles. The molecule has 0 unspecified atom stereocenters. The molecule has 0 aromatic heterocycles. The second kappa shape index (κ2) is 4.35. The molecule has 0 aromatic rings. The minimum absolute atomic E-state index is 0.264. The van der Waals surface area contributed by atoms with Gasteiger partial charge in [0.05, 0.1) is 5.75 Å². The predicted molar refractivity (Wildman–Crippen MR) is 41.9 cm³/mol. The molecular weight excluding hydrogens is 162 g/mol. The molecule has 4 N–H and O–H groups in total. The van der Waals surface area contributed by atoms with Gasteiger partial charge < -0.3 is 0 Å². The largest absolute Gasteiger partial charge is 0.286 e. The zero-order chi connectivity index (χ0) is 7.33. The van der Waals surface area contributed by atoms with Gasteiger partial charge in [0.25, 0.3) is 0 Å². The summed E-state index contributed by atoms with van der Waals surface area (Å²) in [6, 6.07) is 0. The van der Waals surface area contributed by atoms with Crippen LogP contribution in [0.5, 0.6) is 0 Å². The Labute approximate surface area is 61.7 Å². The van der Waals surface area contributed by atoms with Crippen LogP contribution in [-0.4, -0.2) is 20.7 Å². The van der Waals surface area contributed by atoms with Crippen LogP contribution in [0, 0.1) is 0 Å². The molecule has 0 aliphatic rings. The lowest BCUT2D eigenvalue weighted by molar-refractivity contribution is 0.486. The lowest BCUT2D eigenvalue weighted by Crippen LogP contribution is -2.12. The molecule has 0 atom stereocenters. The molecule has 0 heterocycles. The van der Waals surface area contributed by atoms with Crippen LogP contribution in [0.2, 0.25) is 0 Å². The highest BCUT2D eigenvalue weighted by molar-refractivity contribution is 8.22. The Bertz CT molecular complexity index is 75.5. The van der Waals surface area contributed by atoms with E-state index in [0.717, 1.165) is 6.42 Å². The molecule has 0 spiro atoms. The van der Waals surface area contributed by atoms with Crippen LogP contribution < -0.4 is 5.14 Å². The van der Waals surface area contributed by atoms with Crippen LogP contribution in [0.25, 0.3) is 0 Å². The lowest BCUT2D eigenvalue weighted by Gasteiger charge is -2.25. The van der Waals surface area contributed by atoms with Crippen LogP contribution in [0.3, 0.4) is 0 Å². The van der Waals surface area contributed by atoms with Crippen LogP contribution in [0.1, 0.15) is 12.8 Å². The van der Waals surface area contributed by atoms with Gasteiger partial charge in [-0.3, -0.25) is 9.11 Å². The summed E-state index contributed by atoms with van der Waals surface area (Å²) in [5.74, 6) is 0.815. The summed E-state index contributed by atoms with van der Waals surface area (Å²) < 4.78 is 17.2. The number of hydrogen-bond acceptors (Lipinski definition) is 3. The quantitative estimate of drug-likeness (QED) is 0.447. The summed E-state index contributed by atoms with van der Waals surface area (Å²) in [5, 5.41) is 4.93. The molecule has 0 amide bonds. The van der Waals surface area contributed by atoms with Gasteiger partial charge in [-0.2, -0.15) is 0 Å². The molecule has 0 rings (SSSR count). The van der Waals surface area contributed by atoms with Gasteiger partial charge in [-0.25, -0.2) is 5.14 Å². The normalized spacial score (nSPS) is 13.8. The van der Waals surface area contributed by atoms with E-state index < -0.39 is 10.8 Å². The van der Waals surface area contributed by atoms with Gasteiger partial charge in [-0.15, -0.1) is 22.4 Å². The number of hydrogen-bond donors (Lipinski definition) is 3. The number of halogens is 1. The number of alkyl halides is 1. The average Bonchev–Trinajstić information content (AvgIpc) is 1.63. The van der Waals surface area contributed by atoms with Gasteiger partial charge in [0, 0.05) is 5.88 Å². The highest BCUT2D eigenvalue weighted by atomic mass is 35.5. The summed E-state index contributed by atoms with van der Waals surface area (Å²) >= 11 is 5.34. The van der Waals surface area contributed by atoms with Gasteiger partial charge >= 0.3 is 0 Å². The maximum Gasteiger partial charge on any atom is 0.0526 e. The van der Waals surface area contributed by atoms with E-state index in [1.807, 2.05) is 0 Å². The minimum atomic E-state index is -2.76. The van der Waals surface area contributed by atoms with Gasteiger partial charge in [0.1, 0.15) is 0 Å². The van der Waals surface area contributed by atoms with Crippen molar-refractivity contribution in [1.29, 1.82) is 0 Å². The Kier molecular flexibility index (Phi) is 4.61. The van der Waals surface area contributed by atoms with E-state index in [0.29, 0.717) is 12.3 Å². The second-order valence-corrected chi connectivity index (χ2v) is 4.04. The molecule has 58 valence electrons. The van der Waals surface area contributed by atoms with E-state index >= 15 is 0 Å². The molecule has 3 nitrogen and oxygen atoms in total. The van der Waals surface area contributed by atoms with Crippen LogP contribution in [0.4, 0.5) is 0 Å². The average molecular weight is 174 g/mol. The van der Waals surface area contributed by atoms with E-state index in [9.17, 15) is 0 Å². The van der Waals surface area contributed by atoms with Crippen molar-refractivity contribution in [2.45, 2.75) is 12.8 Å². The fraction of sp³-hybridized carbons (Fsp3) is 1.00. The third-order valence-corrected chi connectivity index (χ3v) is 1.99. The van der Waals surface area contributed by atoms with Crippen molar-refractivity contribution in [2.24, 2.45) is 5.14 Å². The van der Waals surface area contributed by atoms with Gasteiger partial charge in [-0.05, 0) is 12.8 Å². The smallest absolute Gasteiger partial charge is 0.0526 e. The fourth-order valence-electron chi connectivity index (χ4n) is 0.409. The Hall–Kier alpha value is 0.520. The van der Waals surface area contributed by atoms with Crippen molar-refractivity contribution in [3.05, 3.63) is 0 Å². The van der Waals surface area contributed by atoms with Gasteiger partial charge in [0.2, 0.25) is 0 Å². The first kappa shape index (κ1) is 9.52. The Balaban J connectivity index is 3.07. The molecule has 0 bridgehead atoms. The van der Waals surface area contributed by atoms with E-state index in [-0.39, 0.29) is 5.75 Å². The van der Waals surface area contributed by atoms with E-state index in [1.165, 1.54) is 0 Å². The van der Waals surface area contributed by atoms with Crippen molar-refractivity contribution < 1.29 is 9.11 Å². The fourth-order valence-corrected chi connectivity index (χ4v) is 1.23. The first-order valence-corrected chi connectivity index (χ1v) is 4.97. The maximum atomic E-state index is 8.62. The standard InChI is InChI=1S/C4H12ClNO2S/c5-3-1-2-4-9(6,7)8/h7-8H,1-4,6H2. The van der Waals surface area contributed by atoms with Gasteiger partial charge in [-0.1, -0.05) is 0 Å². The van der Waals surface area contributed by atoms with E-state index in [4.69, 9.17) is 25.8 Å². The Morgan fingerprint density at radius 3 is 2.22 bits per heavy atom. The lowest BCUT2D eigenvalue weighted by atomic mass is 10.4. The summed E-state index contributed by atoms with van der Waals surface area (Å²) in [5.41, 5.74) is 0. The summed E-state index contributed by atoms with van der Waals surface area (Å²) in [4.78, 5) is 0. The third-order valence-electron chi connectivity index (χ3n) is 0.828. The highest BCUT2D eigenvalue weighted by Gasteiger charge is 2.01. The number of nitrogens with two attached hydrogens (primary N) is 1. The van der Waals surface area contributed by atoms with Crippen molar-refractivity contribution in [1.82, 2.24) is 0 Å². The third kappa shape index (κ3) is 8.52. The number of rotatable bonds is 4. The van der Waals surface area contributed by atoms with Crippen molar-refractivity contribution in [3.8, 4) is 0 Å². The van der Waals surface area contributed by atoms with Crippen LogP contribution in [-0.2, 0) is 0 Å². The molecule has 0 saturated heterocycles. The Morgan fingerprint density at radius 2 is 1.89 bits per heavy atom. The number of unbranched alkanes of at least 4 members (excludes halogenated alkanes) is 1. The van der Waals surface area contributed by atoms with Crippen molar-refractivity contribution in [2.75, 3.05) is 11.6 Å². The molecule has 5 heteroatoms. The van der Waals surface area contributed by atoms with Crippen LogP contribution >= 0.6 is 22.4 Å². The van der Waals surface area contributed by atoms with Crippen LogP contribution in [0.15, 0.2) is 0 Å². The van der Waals surface area contributed by atoms with Crippen molar-refractivity contribution >= 4 is 22.4 Å². The molecule has 0 fully saturated rings. The zero-order valence-electron chi connectivity index (χ0n) is 5.09. The predicted octanol–water partition coefficient (Wildman–Crippen LogP) is 1.63. The molecule has 0 aromatic carbocycles. The summed E-state index contributed by atoms with van der Waals surface area (Å²) in [6.45, 7) is 0. The molecule has 9 heavy (non-hydrogen) atoms. The summed E-state index contributed by atoms with van der Waals surface area (Å²) in [7, 11) is -2.76. The molecule has 0 radical (unpaired) electrons. The monoisotopic (exact) mass is 173 g/mol. The molecule has 0 aliphatic carbocycles. The Morgan fingerprint density at radius 1 is 1.33 bits per heavy atom. The molecule has 0 aliphatic heterocycles. The van der Waals surface area contributed by atoms with E-state index in [2.05, 4.69) is 0 Å². The minimum Gasteiger partial charge on any atom is -0.286 e. The first-order chi connectivity index (χ1) is 4.06. The molecular formula is C4H12ClNO2S. The SMILES string of the molecule is NS(O)(O)CCCCCl. The van der Waals surface area contributed by atoms with Gasteiger partial charge in [0.15, 0.2) is 0 Å². The zero-order valence-corrected chi connectivity index (χ0v) is 6.66. The van der Waals surface area contributed by atoms with E-state index in [1.54, 1.807) is 0 Å². The maximum absolute atomic E-state index is 8.62. The second-order valence-electron chi connectivity index (χ2n) is 1.82. The summed E-state index contributed by atoms with van der Waals surface area (Å²) in [6.07, 6.45) is 1.47. The topological polar surface area (TPSA) is 66.5 Å².